The molecule has 1 aromatic carbocycles. The number of aromatic nitrogens is 2. The number of carbonyl (C=O) groups excluding carboxylic acids is 2. The Morgan fingerprint density at radius 3 is 2.00 bits per heavy atom. The number of carbonyl (C=O) groups is 2. The van der Waals surface area contributed by atoms with Gasteiger partial charge in [0.25, 0.3) is 5.56 Å². The van der Waals surface area contributed by atoms with E-state index in [-0.39, 0.29) is 5.69 Å². The molecule has 2 N–H and O–H groups in total. The minimum atomic E-state index is -0.999. The maximum Gasteiger partial charge on any atom is 0.296 e. The first-order chi connectivity index (χ1) is 13.3. The lowest BCUT2D eigenvalue weighted by Crippen LogP contribution is -2.43. The van der Waals surface area contributed by atoms with Gasteiger partial charge < -0.3 is 10.2 Å². The normalized spacial score (nSPS) is 33.8. The van der Waals surface area contributed by atoms with E-state index in [1.165, 1.54) is 4.68 Å². The summed E-state index contributed by atoms with van der Waals surface area (Å²) >= 11 is 0. The first-order valence-corrected chi connectivity index (χ1v) is 9.42. The molecule has 146 valence electrons. The fourth-order valence-corrected chi connectivity index (χ4v) is 5.46. The van der Waals surface area contributed by atoms with Gasteiger partial charge in [0.05, 0.1) is 35.4 Å². The Labute approximate surface area is 160 Å². The highest BCUT2D eigenvalue weighted by molar-refractivity contribution is 6.22. The van der Waals surface area contributed by atoms with Crippen LogP contribution in [0.15, 0.2) is 35.1 Å². The van der Waals surface area contributed by atoms with Crippen LogP contribution in [0.25, 0.3) is 5.69 Å². The maximum absolute atomic E-state index is 13.2. The summed E-state index contributed by atoms with van der Waals surface area (Å²) in [6.45, 7) is 1.70. The van der Waals surface area contributed by atoms with Crippen molar-refractivity contribution in [1.82, 2.24) is 9.36 Å². The van der Waals surface area contributed by atoms with E-state index in [0.29, 0.717) is 17.8 Å². The van der Waals surface area contributed by atoms with Gasteiger partial charge in [-0.3, -0.25) is 19.1 Å². The third-order valence-electron chi connectivity index (χ3n) is 6.84. The van der Waals surface area contributed by atoms with Crippen LogP contribution in [0.1, 0.15) is 12.1 Å². The number of anilines is 1. The summed E-state index contributed by atoms with van der Waals surface area (Å²) < 4.78 is 3.05. The monoisotopic (exact) mass is 383 g/mol. The van der Waals surface area contributed by atoms with Crippen molar-refractivity contribution in [2.24, 2.45) is 30.7 Å². The number of para-hydroxylation sites is 1. The Hall–Kier alpha value is -2.71. The molecule has 28 heavy (non-hydrogen) atoms. The van der Waals surface area contributed by atoms with Gasteiger partial charge in [0, 0.05) is 18.9 Å². The predicted molar refractivity (Wildman–Crippen MR) is 98.8 cm³/mol. The van der Waals surface area contributed by atoms with E-state index in [0.717, 1.165) is 4.90 Å². The summed E-state index contributed by atoms with van der Waals surface area (Å²) in [7, 11) is 1.70. The molecule has 0 radical (unpaired) electrons. The third-order valence-corrected chi connectivity index (χ3v) is 6.84. The molecule has 6 atom stereocenters. The van der Waals surface area contributed by atoms with Crippen LogP contribution in [0, 0.1) is 30.6 Å². The van der Waals surface area contributed by atoms with Crippen LogP contribution >= 0.6 is 0 Å². The number of benzene rings is 1. The van der Waals surface area contributed by atoms with Crippen LogP contribution in [0.4, 0.5) is 5.69 Å². The highest BCUT2D eigenvalue weighted by Gasteiger charge is 2.67. The molecule has 2 aliphatic carbocycles. The number of nitrogens with zero attached hydrogens (tertiary/aromatic N) is 3. The number of fused-ring (bicyclic) bond motifs is 5. The number of hydrogen-bond donors (Lipinski definition) is 2. The molecular formula is C20H21N3O5. The summed E-state index contributed by atoms with van der Waals surface area (Å²) in [5, 5.41) is 20.4. The smallest absolute Gasteiger partial charge is 0.296 e. The number of amides is 2. The lowest BCUT2D eigenvalue weighted by Gasteiger charge is -2.29. The summed E-state index contributed by atoms with van der Waals surface area (Å²) in [4.78, 5) is 40.5. The van der Waals surface area contributed by atoms with Crippen molar-refractivity contribution < 1.29 is 19.8 Å². The van der Waals surface area contributed by atoms with Crippen LogP contribution in [0.5, 0.6) is 0 Å². The van der Waals surface area contributed by atoms with Crippen molar-refractivity contribution in [1.29, 1.82) is 0 Å². The number of aliphatic hydroxyl groups excluding tert-OH is 2. The van der Waals surface area contributed by atoms with Crippen molar-refractivity contribution in [3.05, 3.63) is 46.4 Å². The molecule has 8 nitrogen and oxygen atoms in total. The molecule has 1 aromatic heterocycles. The van der Waals surface area contributed by atoms with Crippen molar-refractivity contribution in [2.45, 2.75) is 25.6 Å². The van der Waals surface area contributed by atoms with E-state index in [2.05, 4.69) is 0 Å². The van der Waals surface area contributed by atoms with Crippen molar-refractivity contribution in [2.75, 3.05) is 4.90 Å². The standard InChI is InChI=1S/C20H21N3O5/c1-9-15(20(28)23(21(9)2)10-6-4-3-5-7-10)22-18(26)13-11-8-12(14(13)19(22)27)17(25)16(11)24/h3-7,11-14,16-17,24-25H,8H2,1-2H3/t11-,12+,13-,14+,16-,17-/m0/s1. The van der Waals surface area contributed by atoms with Gasteiger partial charge in [-0.05, 0) is 25.5 Å². The molecule has 2 aromatic rings. The average molecular weight is 383 g/mol. The SMILES string of the molecule is Cc1c(N2C(=O)[C@@H]3[C@H]4C[C@H]([C@H](O)[C@H]4O)[C@@H]3C2=O)c(=O)n(-c2ccccc2)n1C. The zero-order valence-electron chi connectivity index (χ0n) is 15.5. The number of hydrogen-bond acceptors (Lipinski definition) is 5. The topological polar surface area (TPSA) is 105 Å². The van der Waals surface area contributed by atoms with E-state index < -0.39 is 53.3 Å². The van der Waals surface area contributed by atoms with E-state index >= 15 is 0 Å². The molecule has 2 amide bonds. The minimum absolute atomic E-state index is 0.0548. The van der Waals surface area contributed by atoms with E-state index in [1.807, 2.05) is 6.07 Å². The summed E-state index contributed by atoms with van der Waals surface area (Å²) in [6, 6.07) is 9.01. The lowest BCUT2D eigenvalue weighted by atomic mass is 9.78. The maximum atomic E-state index is 13.2. The Morgan fingerprint density at radius 2 is 1.46 bits per heavy atom. The second kappa shape index (κ2) is 5.65. The van der Waals surface area contributed by atoms with Crippen molar-refractivity contribution in [3.8, 4) is 5.69 Å². The number of imide groups is 1. The first-order valence-electron chi connectivity index (χ1n) is 9.42. The Bertz CT molecular complexity index is 1020. The highest BCUT2D eigenvalue weighted by Crippen LogP contribution is 2.56. The van der Waals surface area contributed by atoms with Gasteiger partial charge in [-0.2, -0.15) is 0 Å². The van der Waals surface area contributed by atoms with Crippen LogP contribution in [-0.2, 0) is 16.6 Å². The quantitative estimate of drug-likeness (QED) is 0.708. The van der Waals surface area contributed by atoms with Crippen LogP contribution in [0.3, 0.4) is 0 Å². The Morgan fingerprint density at radius 1 is 0.929 bits per heavy atom. The predicted octanol–water partition coefficient (Wildman–Crippen LogP) is -0.0385. The zero-order chi connectivity index (χ0) is 19.9. The van der Waals surface area contributed by atoms with Gasteiger partial charge in [0.1, 0.15) is 5.69 Å². The molecule has 0 unspecified atom stereocenters. The molecule has 0 spiro atoms. The fourth-order valence-electron chi connectivity index (χ4n) is 5.46. The van der Waals surface area contributed by atoms with E-state index in [1.54, 1.807) is 42.9 Å². The highest BCUT2D eigenvalue weighted by atomic mass is 16.3. The molecule has 2 heterocycles. The third kappa shape index (κ3) is 1.94. The number of aliphatic hydroxyl groups is 2. The Balaban J connectivity index is 1.63. The zero-order valence-corrected chi connectivity index (χ0v) is 15.5. The van der Waals surface area contributed by atoms with Crippen molar-refractivity contribution >= 4 is 17.5 Å². The van der Waals surface area contributed by atoms with Crippen LogP contribution in [0.2, 0.25) is 0 Å². The molecule has 3 fully saturated rings. The van der Waals surface area contributed by atoms with Gasteiger partial charge in [-0.1, -0.05) is 18.2 Å². The van der Waals surface area contributed by atoms with E-state index in [9.17, 15) is 24.6 Å². The lowest BCUT2D eigenvalue weighted by molar-refractivity contribution is -0.129. The molecule has 2 saturated carbocycles. The second-order valence-corrected chi connectivity index (χ2v) is 8.02. The van der Waals surface area contributed by atoms with Gasteiger partial charge >= 0.3 is 0 Å². The van der Waals surface area contributed by atoms with Gasteiger partial charge in [-0.15, -0.1) is 0 Å². The van der Waals surface area contributed by atoms with Crippen LogP contribution in [-0.4, -0.2) is 43.6 Å². The molecular weight excluding hydrogens is 362 g/mol. The molecule has 8 heteroatoms. The molecule has 5 rings (SSSR count). The van der Waals surface area contributed by atoms with Gasteiger partial charge in [-0.25, -0.2) is 9.58 Å². The molecule has 2 bridgehead atoms. The summed E-state index contributed by atoms with van der Waals surface area (Å²) in [6.07, 6.45) is -1.54. The van der Waals surface area contributed by atoms with Gasteiger partial charge in [0.15, 0.2) is 0 Å². The second-order valence-electron chi connectivity index (χ2n) is 8.02. The van der Waals surface area contributed by atoms with Crippen molar-refractivity contribution in [3.63, 3.8) is 0 Å². The summed E-state index contributed by atoms with van der Waals surface area (Å²) in [5.74, 6) is -3.10. The minimum Gasteiger partial charge on any atom is -0.390 e. The average Bonchev–Trinajstić information content (AvgIpc) is 3.34. The first kappa shape index (κ1) is 17.4. The molecule has 3 aliphatic rings. The number of rotatable bonds is 2. The fraction of sp³-hybridized carbons (Fsp3) is 0.450. The largest absolute Gasteiger partial charge is 0.390 e. The van der Waals surface area contributed by atoms with E-state index in [4.69, 9.17) is 0 Å². The molecule has 1 aliphatic heterocycles. The summed E-state index contributed by atoms with van der Waals surface area (Å²) in [5.41, 5.74) is 0.749. The molecule has 1 saturated heterocycles. The Kier molecular flexibility index (Phi) is 3.51. The van der Waals surface area contributed by atoms with Crippen LogP contribution < -0.4 is 10.5 Å². The van der Waals surface area contributed by atoms with Gasteiger partial charge in [0.2, 0.25) is 11.8 Å².